The van der Waals surface area contributed by atoms with E-state index in [1.807, 2.05) is 12.4 Å². The Balaban J connectivity index is 1.60. The van der Waals surface area contributed by atoms with Crippen molar-refractivity contribution in [3.8, 4) is 0 Å². The van der Waals surface area contributed by atoms with Gasteiger partial charge in [0.15, 0.2) is 11.2 Å². The maximum absolute atomic E-state index is 5.18. The van der Waals surface area contributed by atoms with Crippen LogP contribution in [0.5, 0.6) is 0 Å². The minimum atomic E-state index is 0.673. The Labute approximate surface area is 142 Å². The monoisotopic (exact) mass is 340 g/mol. The van der Waals surface area contributed by atoms with Crippen molar-refractivity contribution < 1.29 is 4.52 Å². The molecule has 0 N–H and O–H groups in total. The first kappa shape index (κ1) is 15.1. The predicted octanol–water partition coefficient (Wildman–Crippen LogP) is 3.45. The van der Waals surface area contributed by atoms with E-state index in [1.54, 1.807) is 30.5 Å². The Morgan fingerprint density at radius 1 is 1.21 bits per heavy atom. The van der Waals surface area contributed by atoms with E-state index in [1.165, 1.54) is 0 Å². The number of thioether (sulfide) groups is 1. The van der Waals surface area contributed by atoms with Crippen LogP contribution in [0.1, 0.15) is 25.5 Å². The van der Waals surface area contributed by atoms with Crippen molar-refractivity contribution in [2.75, 3.05) is 0 Å². The van der Waals surface area contributed by atoms with E-state index >= 15 is 0 Å². The Kier molecular flexibility index (Phi) is 4.12. The van der Waals surface area contributed by atoms with Crippen LogP contribution in [0.2, 0.25) is 0 Å². The zero-order chi connectivity index (χ0) is 16.4. The molecule has 122 valence electrons. The fraction of sp³-hybridized carbons (Fsp3) is 0.312. The van der Waals surface area contributed by atoms with Crippen LogP contribution in [-0.2, 0) is 12.3 Å². The standard InChI is InChI=1S/C16H16N6OS/c1-2-3-6-22-10-20-14-15(22)18-9-19-16(14)24-8-12-11-7-21-23-13(11)4-5-17-12/h4-5,7,9-10H,2-3,6,8H2,1H3. The number of fused-ring (bicyclic) bond motifs is 2. The number of hydrogen-bond acceptors (Lipinski definition) is 7. The number of aryl methyl sites for hydroxylation is 1. The van der Waals surface area contributed by atoms with E-state index in [9.17, 15) is 0 Å². The number of nitrogens with zero attached hydrogens (tertiary/aromatic N) is 6. The van der Waals surface area contributed by atoms with Crippen LogP contribution < -0.4 is 0 Å². The molecule has 0 spiro atoms. The number of aromatic nitrogens is 6. The van der Waals surface area contributed by atoms with E-state index in [0.717, 1.165) is 52.2 Å². The molecule has 0 aromatic carbocycles. The molecule has 0 fully saturated rings. The zero-order valence-corrected chi connectivity index (χ0v) is 14.0. The Hall–Kier alpha value is -2.48. The van der Waals surface area contributed by atoms with Gasteiger partial charge in [-0.2, -0.15) is 0 Å². The summed E-state index contributed by atoms with van der Waals surface area (Å²) < 4.78 is 7.27. The highest BCUT2D eigenvalue weighted by Gasteiger charge is 2.12. The topological polar surface area (TPSA) is 82.5 Å². The maximum Gasteiger partial charge on any atom is 0.170 e. The van der Waals surface area contributed by atoms with Crippen molar-refractivity contribution in [2.24, 2.45) is 0 Å². The van der Waals surface area contributed by atoms with Gasteiger partial charge in [-0.05, 0) is 6.42 Å². The highest BCUT2D eigenvalue weighted by molar-refractivity contribution is 7.98. The summed E-state index contributed by atoms with van der Waals surface area (Å²) in [6, 6.07) is 1.81. The first-order valence-corrected chi connectivity index (χ1v) is 8.82. The molecule has 0 saturated heterocycles. The summed E-state index contributed by atoms with van der Waals surface area (Å²) in [6.45, 7) is 3.10. The Morgan fingerprint density at radius 3 is 3.08 bits per heavy atom. The first-order valence-electron chi connectivity index (χ1n) is 7.83. The molecular weight excluding hydrogens is 324 g/mol. The van der Waals surface area contributed by atoms with Gasteiger partial charge < -0.3 is 9.09 Å². The van der Waals surface area contributed by atoms with Crippen LogP contribution in [0.4, 0.5) is 0 Å². The fourth-order valence-corrected chi connectivity index (χ4v) is 3.46. The van der Waals surface area contributed by atoms with Crippen molar-refractivity contribution in [1.82, 2.24) is 29.7 Å². The summed E-state index contributed by atoms with van der Waals surface area (Å²) in [4.78, 5) is 17.7. The quantitative estimate of drug-likeness (QED) is 0.392. The summed E-state index contributed by atoms with van der Waals surface area (Å²) in [5, 5.41) is 5.63. The lowest BCUT2D eigenvalue weighted by Gasteiger charge is -2.04. The van der Waals surface area contributed by atoms with Gasteiger partial charge in [-0.1, -0.05) is 30.3 Å². The van der Waals surface area contributed by atoms with Crippen LogP contribution in [-0.4, -0.2) is 29.7 Å². The lowest BCUT2D eigenvalue weighted by atomic mass is 10.3. The van der Waals surface area contributed by atoms with Crippen LogP contribution in [0, 0.1) is 0 Å². The molecular formula is C16H16N6OS. The van der Waals surface area contributed by atoms with Crippen molar-refractivity contribution >= 4 is 33.9 Å². The molecule has 0 aliphatic heterocycles. The van der Waals surface area contributed by atoms with Gasteiger partial charge in [0.05, 0.1) is 23.6 Å². The summed E-state index contributed by atoms with van der Waals surface area (Å²) in [7, 11) is 0. The smallest absolute Gasteiger partial charge is 0.170 e. The zero-order valence-electron chi connectivity index (χ0n) is 13.2. The minimum absolute atomic E-state index is 0.673. The number of pyridine rings is 1. The number of hydrogen-bond donors (Lipinski definition) is 0. The largest absolute Gasteiger partial charge is 0.356 e. The van der Waals surface area contributed by atoms with Crippen LogP contribution in [0.25, 0.3) is 22.1 Å². The highest BCUT2D eigenvalue weighted by atomic mass is 32.2. The number of rotatable bonds is 6. The molecule has 4 heterocycles. The Bertz CT molecular complexity index is 979. The fourth-order valence-electron chi connectivity index (χ4n) is 2.56. The molecule has 0 aliphatic carbocycles. The molecule has 8 heteroatoms. The highest BCUT2D eigenvalue weighted by Crippen LogP contribution is 2.28. The van der Waals surface area contributed by atoms with E-state index < -0.39 is 0 Å². The summed E-state index contributed by atoms with van der Waals surface area (Å²) in [5.74, 6) is 0.673. The lowest BCUT2D eigenvalue weighted by molar-refractivity contribution is 0.456. The molecule has 0 unspecified atom stereocenters. The predicted molar refractivity (Wildman–Crippen MR) is 91.6 cm³/mol. The third kappa shape index (κ3) is 2.73. The van der Waals surface area contributed by atoms with Crippen LogP contribution in [0.3, 0.4) is 0 Å². The maximum atomic E-state index is 5.18. The second-order valence-electron chi connectivity index (χ2n) is 5.43. The molecule has 4 aromatic heterocycles. The molecule has 4 aromatic rings. The van der Waals surface area contributed by atoms with Gasteiger partial charge >= 0.3 is 0 Å². The lowest BCUT2D eigenvalue weighted by Crippen LogP contribution is -1.97. The molecule has 0 aliphatic rings. The van der Waals surface area contributed by atoms with Crippen molar-refractivity contribution in [3.05, 3.63) is 36.8 Å². The third-order valence-electron chi connectivity index (χ3n) is 3.83. The van der Waals surface area contributed by atoms with Gasteiger partial charge in [0.1, 0.15) is 16.9 Å². The molecule has 24 heavy (non-hydrogen) atoms. The number of imidazole rings is 1. The van der Waals surface area contributed by atoms with Gasteiger partial charge in [0.2, 0.25) is 0 Å². The van der Waals surface area contributed by atoms with Crippen molar-refractivity contribution in [3.63, 3.8) is 0 Å². The van der Waals surface area contributed by atoms with Crippen molar-refractivity contribution in [1.29, 1.82) is 0 Å². The molecule has 0 radical (unpaired) electrons. The van der Waals surface area contributed by atoms with E-state index in [4.69, 9.17) is 4.52 Å². The molecule has 7 nitrogen and oxygen atoms in total. The average molecular weight is 340 g/mol. The first-order chi connectivity index (χ1) is 11.9. The second-order valence-corrected chi connectivity index (χ2v) is 6.39. The van der Waals surface area contributed by atoms with Gasteiger partial charge in [-0.15, -0.1) is 0 Å². The molecule has 0 saturated carbocycles. The summed E-state index contributed by atoms with van der Waals surface area (Å²) >= 11 is 1.60. The van der Waals surface area contributed by atoms with Crippen molar-refractivity contribution in [2.45, 2.75) is 37.1 Å². The molecule has 0 bridgehead atoms. The van der Waals surface area contributed by atoms with Gasteiger partial charge in [0, 0.05) is 24.6 Å². The van der Waals surface area contributed by atoms with Crippen LogP contribution >= 0.6 is 11.8 Å². The number of unbranched alkanes of at least 4 members (excludes halogenated alkanes) is 1. The summed E-state index contributed by atoms with van der Waals surface area (Å²) in [5.41, 5.74) is 3.40. The van der Waals surface area contributed by atoms with Gasteiger partial charge in [0.25, 0.3) is 0 Å². The van der Waals surface area contributed by atoms with E-state index in [0.29, 0.717) is 5.75 Å². The summed E-state index contributed by atoms with van der Waals surface area (Å²) in [6.07, 6.45) is 9.13. The molecule has 0 atom stereocenters. The molecule has 4 rings (SSSR count). The van der Waals surface area contributed by atoms with E-state index in [-0.39, 0.29) is 0 Å². The average Bonchev–Trinajstić information content (AvgIpc) is 3.25. The van der Waals surface area contributed by atoms with Gasteiger partial charge in [-0.3, -0.25) is 4.98 Å². The van der Waals surface area contributed by atoms with E-state index in [2.05, 4.69) is 36.6 Å². The Morgan fingerprint density at radius 2 is 2.17 bits per heavy atom. The minimum Gasteiger partial charge on any atom is -0.356 e. The van der Waals surface area contributed by atoms with Crippen LogP contribution in [0.15, 0.2) is 40.7 Å². The van der Waals surface area contributed by atoms with Gasteiger partial charge in [-0.25, -0.2) is 15.0 Å². The molecule has 0 amide bonds. The second kappa shape index (κ2) is 6.56. The normalized spacial score (nSPS) is 11.5. The third-order valence-corrected chi connectivity index (χ3v) is 4.82. The SMILES string of the molecule is CCCCn1cnc2c(SCc3nccc4oncc34)ncnc21.